The number of fused-ring (bicyclic) bond motifs is 2. The van der Waals surface area contributed by atoms with Crippen LogP contribution in [0.25, 0.3) is 11.0 Å². The Hall–Kier alpha value is -2.87. The number of piperidine rings is 1. The standard InChI is InChI=1S/C19H23N7O/c1-26-7-4-12(5-8-26)18-23-15-11-21-25-17(15)19(24-18)22-13-2-3-16-14(10-13)20-6-9-27-16/h2-3,10-12,20H,4-9H2,1H3,(H,21,25)(H,22,23,24). The SMILES string of the molecule is CN1CCC(c2nc(Nc3ccc4c(c3)NCCO4)c3[nH]ncc3n2)CC1. The Morgan fingerprint density at radius 1 is 1.22 bits per heavy atom. The van der Waals surface area contributed by atoms with E-state index in [2.05, 4.69) is 32.8 Å². The van der Waals surface area contributed by atoms with Crippen LogP contribution in [0.2, 0.25) is 0 Å². The van der Waals surface area contributed by atoms with Gasteiger partial charge in [0.1, 0.15) is 29.2 Å². The highest BCUT2D eigenvalue weighted by atomic mass is 16.5. The van der Waals surface area contributed by atoms with Crippen molar-refractivity contribution in [1.82, 2.24) is 25.1 Å². The second kappa shape index (κ2) is 6.70. The van der Waals surface area contributed by atoms with Crippen molar-refractivity contribution in [1.29, 1.82) is 0 Å². The Kier molecular flexibility index (Phi) is 4.05. The van der Waals surface area contributed by atoms with Crippen LogP contribution in [0.5, 0.6) is 5.75 Å². The van der Waals surface area contributed by atoms with Gasteiger partial charge in [-0.05, 0) is 51.2 Å². The molecule has 140 valence electrons. The molecule has 2 aliphatic heterocycles. The maximum absolute atomic E-state index is 5.66. The number of aromatic amines is 1. The fourth-order valence-corrected chi connectivity index (χ4v) is 3.75. The van der Waals surface area contributed by atoms with Gasteiger partial charge in [-0.25, -0.2) is 9.97 Å². The Balaban J connectivity index is 1.48. The van der Waals surface area contributed by atoms with Crippen LogP contribution < -0.4 is 15.4 Å². The van der Waals surface area contributed by atoms with Crippen molar-refractivity contribution in [2.24, 2.45) is 0 Å². The van der Waals surface area contributed by atoms with Gasteiger partial charge in [-0.2, -0.15) is 5.10 Å². The molecule has 8 heteroatoms. The first-order chi connectivity index (χ1) is 13.3. The zero-order valence-electron chi connectivity index (χ0n) is 15.3. The number of ether oxygens (including phenoxy) is 1. The van der Waals surface area contributed by atoms with Gasteiger partial charge in [0.25, 0.3) is 0 Å². The van der Waals surface area contributed by atoms with E-state index in [9.17, 15) is 0 Å². The summed E-state index contributed by atoms with van der Waals surface area (Å²) in [6, 6.07) is 6.03. The molecule has 0 amide bonds. The lowest BCUT2D eigenvalue weighted by Gasteiger charge is -2.28. The summed E-state index contributed by atoms with van der Waals surface area (Å²) in [4.78, 5) is 12.0. The van der Waals surface area contributed by atoms with E-state index in [0.717, 1.165) is 72.3 Å². The van der Waals surface area contributed by atoms with Gasteiger partial charge in [-0.1, -0.05) is 0 Å². The van der Waals surface area contributed by atoms with E-state index in [1.54, 1.807) is 6.20 Å². The molecule has 0 aliphatic carbocycles. The normalized spacial score (nSPS) is 18.0. The lowest BCUT2D eigenvalue weighted by molar-refractivity contribution is 0.251. The van der Waals surface area contributed by atoms with Gasteiger partial charge in [0.2, 0.25) is 0 Å². The molecule has 5 rings (SSSR count). The van der Waals surface area contributed by atoms with Gasteiger partial charge < -0.3 is 20.3 Å². The third-order valence-electron chi connectivity index (χ3n) is 5.32. The summed E-state index contributed by atoms with van der Waals surface area (Å²) in [6.45, 7) is 3.67. The van der Waals surface area contributed by atoms with Crippen LogP contribution in [0, 0.1) is 0 Å². The molecular weight excluding hydrogens is 342 g/mol. The molecule has 2 aliphatic rings. The number of likely N-dealkylation sites (tertiary alicyclic amines) is 1. The summed E-state index contributed by atoms with van der Waals surface area (Å²) in [5.74, 6) is 2.94. The van der Waals surface area contributed by atoms with Crippen LogP contribution in [0.1, 0.15) is 24.6 Å². The monoisotopic (exact) mass is 365 g/mol. The fourth-order valence-electron chi connectivity index (χ4n) is 3.75. The second-order valence-electron chi connectivity index (χ2n) is 7.25. The lowest BCUT2D eigenvalue weighted by Crippen LogP contribution is -2.30. The van der Waals surface area contributed by atoms with Crippen molar-refractivity contribution in [2.75, 3.05) is 43.9 Å². The number of hydrogen-bond acceptors (Lipinski definition) is 7. The third-order valence-corrected chi connectivity index (χ3v) is 5.32. The minimum atomic E-state index is 0.389. The topological polar surface area (TPSA) is 91.0 Å². The Bertz CT molecular complexity index is 962. The number of H-pyrrole nitrogens is 1. The van der Waals surface area contributed by atoms with Gasteiger partial charge in [-0.3, -0.25) is 5.10 Å². The molecule has 0 spiro atoms. The fraction of sp³-hybridized carbons (Fsp3) is 0.421. The molecule has 0 bridgehead atoms. The summed E-state index contributed by atoms with van der Waals surface area (Å²) in [5, 5.41) is 14.0. The minimum absolute atomic E-state index is 0.389. The molecule has 0 unspecified atom stereocenters. The van der Waals surface area contributed by atoms with Crippen molar-refractivity contribution in [3.63, 3.8) is 0 Å². The quantitative estimate of drug-likeness (QED) is 0.657. The summed E-state index contributed by atoms with van der Waals surface area (Å²) >= 11 is 0. The van der Waals surface area contributed by atoms with Gasteiger partial charge in [0, 0.05) is 18.2 Å². The Labute approximate surface area is 157 Å². The number of anilines is 3. The predicted molar refractivity (Wildman–Crippen MR) is 105 cm³/mol. The number of rotatable bonds is 3. The molecule has 0 saturated carbocycles. The first-order valence-electron chi connectivity index (χ1n) is 9.43. The maximum Gasteiger partial charge on any atom is 0.160 e. The molecule has 1 saturated heterocycles. The van der Waals surface area contributed by atoms with E-state index < -0.39 is 0 Å². The molecule has 3 aromatic rings. The molecular formula is C19H23N7O. The number of nitrogens with zero attached hydrogens (tertiary/aromatic N) is 4. The van der Waals surface area contributed by atoms with Crippen molar-refractivity contribution >= 4 is 28.2 Å². The largest absolute Gasteiger partial charge is 0.490 e. The molecule has 0 radical (unpaired) electrons. The van der Waals surface area contributed by atoms with E-state index in [1.807, 2.05) is 18.2 Å². The van der Waals surface area contributed by atoms with E-state index >= 15 is 0 Å². The van der Waals surface area contributed by atoms with Gasteiger partial charge >= 0.3 is 0 Å². The van der Waals surface area contributed by atoms with Crippen molar-refractivity contribution in [3.8, 4) is 5.75 Å². The summed E-state index contributed by atoms with van der Waals surface area (Å²) in [7, 11) is 2.16. The summed E-state index contributed by atoms with van der Waals surface area (Å²) in [6.07, 6.45) is 3.93. The highest BCUT2D eigenvalue weighted by Gasteiger charge is 2.23. The average Bonchev–Trinajstić information content (AvgIpc) is 3.17. The van der Waals surface area contributed by atoms with Gasteiger partial charge in [-0.15, -0.1) is 0 Å². The van der Waals surface area contributed by atoms with Crippen LogP contribution in [0.15, 0.2) is 24.4 Å². The lowest BCUT2D eigenvalue weighted by atomic mass is 9.96. The molecule has 4 heterocycles. The summed E-state index contributed by atoms with van der Waals surface area (Å²) in [5.41, 5.74) is 3.63. The van der Waals surface area contributed by atoms with Gasteiger partial charge in [0.05, 0.1) is 11.9 Å². The maximum atomic E-state index is 5.66. The van der Waals surface area contributed by atoms with Crippen molar-refractivity contribution < 1.29 is 4.74 Å². The first-order valence-corrected chi connectivity index (χ1v) is 9.43. The third kappa shape index (κ3) is 3.16. The minimum Gasteiger partial charge on any atom is -0.490 e. The smallest absolute Gasteiger partial charge is 0.160 e. The van der Waals surface area contributed by atoms with Crippen LogP contribution in [-0.2, 0) is 0 Å². The molecule has 0 atom stereocenters. The molecule has 27 heavy (non-hydrogen) atoms. The summed E-state index contributed by atoms with van der Waals surface area (Å²) < 4.78 is 5.66. The number of benzene rings is 1. The van der Waals surface area contributed by atoms with Crippen LogP contribution in [0.4, 0.5) is 17.2 Å². The van der Waals surface area contributed by atoms with Crippen LogP contribution in [0.3, 0.4) is 0 Å². The van der Waals surface area contributed by atoms with E-state index in [0.29, 0.717) is 12.5 Å². The zero-order chi connectivity index (χ0) is 18.2. The van der Waals surface area contributed by atoms with Crippen molar-refractivity contribution in [3.05, 3.63) is 30.2 Å². The first kappa shape index (κ1) is 16.3. The Morgan fingerprint density at radius 3 is 3.00 bits per heavy atom. The van der Waals surface area contributed by atoms with Crippen LogP contribution >= 0.6 is 0 Å². The molecule has 1 fully saturated rings. The number of aromatic nitrogens is 4. The van der Waals surface area contributed by atoms with Crippen LogP contribution in [-0.4, -0.2) is 58.4 Å². The average molecular weight is 365 g/mol. The number of hydrogen-bond donors (Lipinski definition) is 3. The molecule has 8 nitrogen and oxygen atoms in total. The number of nitrogens with one attached hydrogen (secondary N) is 3. The van der Waals surface area contributed by atoms with Gasteiger partial charge in [0.15, 0.2) is 5.82 Å². The second-order valence-corrected chi connectivity index (χ2v) is 7.25. The molecule has 3 N–H and O–H groups in total. The van der Waals surface area contributed by atoms with E-state index in [4.69, 9.17) is 14.7 Å². The van der Waals surface area contributed by atoms with Crippen molar-refractivity contribution in [2.45, 2.75) is 18.8 Å². The zero-order valence-corrected chi connectivity index (χ0v) is 15.3. The predicted octanol–water partition coefficient (Wildman–Crippen LogP) is 2.71. The van der Waals surface area contributed by atoms with E-state index in [-0.39, 0.29) is 0 Å². The highest BCUT2D eigenvalue weighted by molar-refractivity contribution is 5.87. The highest BCUT2D eigenvalue weighted by Crippen LogP contribution is 2.33. The van der Waals surface area contributed by atoms with E-state index in [1.165, 1.54) is 0 Å². The molecule has 2 aromatic heterocycles. The Morgan fingerprint density at radius 2 is 2.11 bits per heavy atom. The molecule has 1 aromatic carbocycles.